The number of amides is 1. The van der Waals surface area contributed by atoms with Crippen LogP contribution >= 0.6 is 0 Å². The number of benzene rings is 2. The van der Waals surface area contributed by atoms with E-state index in [1.807, 2.05) is 0 Å². The van der Waals surface area contributed by atoms with Crippen molar-refractivity contribution in [2.45, 2.75) is 58.3 Å². The number of anilines is 1. The monoisotopic (exact) mass is 497 g/mol. The van der Waals surface area contributed by atoms with Crippen LogP contribution in [0, 0.1) is 5.82 Å². The molecule has 1 amide bonds. The largest absolute Gasteiger partial charge is 0.573 e. The lowest BCUT2D eigenvalue weighted by atomic mass is 9.78. The highest BCUT2D eigenvalue weighted by Gasteiger charge is 2.53. The summed E-state index contributed by atoms with van der Waals surface area (Å²) in [6.45, 7) is 8.04. The summed E-state index contributed by atoms with van der Waals surface area (Å²) in [6.07, 6.45) is -6.58. The second-order valence-electron chi connectivity index (χ2n) is 8.92. The van der Waals surface area contributed by atoms with Crippen molar-refractivity contribution in [3.05, 3.63) is 53.8 Å². The van der Waals surface area contributed by atoms with Crippen LogP contribution in [0.1, 0.15) is 46.3 Å². The van der Waals surface area contributed by atoms with Gasteiger partial charge in [-0.25, -0.2) is 4.39 Å². The molecule has 188 valence electrons. The molecule has 0 aliphatic carbocycles. The Morgan fingerprint density at radius 3 is 2.20 bits per heavy atom. The predicted molar refractivity (Wildman–Crippen MR) is 118 cm³/mol. The van der Waals surface area contributed by atoms with E-state index in [0.29, 0.717) is 0 Å². The molecule has 12 heteroatoms. The second-order valence-corrected chi connectivity index (χ2v) is 8.92. The summed E-state index contributed by atoms with van der Waals surface area (Å²) in [7, 11) is -1.16. The minimum atomic E-state index is -5.04. The Bertz CT molecular complexity index is 1110. The maximum atomic E-state index is 13.6. The Morgan fingerprint density at radius 2 is 1.66 bits per heavy atom. The molecule has 0 spiro atoms. The minimum absolute atomic E-state index is 0.0401. The number of hydrogen-bond donors (Lipinski definition) is 1. The first-order valence-electron chi connectivity index (χ1n) is 10.6. The van der Waals surface area contributed by atoms with Gasteiger partial charge in [0.2, 0.25) is 6.10 Å². The van der Waals surface area contributed by atoms with Crippen LogP contribution in [0.25, 0.3) is 0 Å². The zero-order valence-corrected chi connectivity index (χ0v) is 19.7. The molecule has 2 aromatic carbocycles. The molecule has 1 atom stereocenters. The van der Waals surface area contributed by atoms with Gasteiger partial charge in [-0.1, -0.05) is 18.2 Å². The lowest BCUT2D eigenvalue weighted by molar-refractivity contribution is -0.274. The lowest BCUT2D eigenvalue weighted by Gasteiger charge is -2.32. The van der Waals surface area contributed by atoms with Crippen molar-refractivity contribution in [3.63, 3.8) is 0 Å². The average molecular weight is 497 g/mol. The first-order valence-corrected chi connectivity index (χ1v) is 10.6. The van der Waals surface area contributed by atoms with E-state index < -0.39 is 54.2 Å². The molecule has 1 heterocycles. The normalized spacial score (nSPS) is 17.6. The quantitative estimate of drug-likeness (QED) is 0.365. The third-order valence-corrected chi connectivity index (χ3v) is 5.69. The molecule has 2 aromatic rings. The number of ether oxygens (including phenoxy) is 2. The standard InChI is InChI=1S/C23H24BF4NO6/c1-13(30)32-19(14-7-6-8-15(25)11-14)20(31)29-16-9-10-17(18(12-16)33-23(26,27)28)24-34-21(2,3)22(4,5)35-24/h6-12,19H,1-5H3,(H,29,31). The number of carbonyl (C=O) groups is 2. The van der Waals surface area contributed by atoms with Gasteiger partial charge >= 0.3 is 19.5 Å². The zero-order valence-electron chi connectivity index (χ0n) is 19.7. The fourth-order valence-corrected chi connectivity index (χ4v) is 3.31. The highest BCUT2D eigenvalue weighted by atomic mass is 19.4. The highest BCUT2D eigenvalue weighted by Crippen LogP contribution is 2.38. The molecule has 1 unspecified atom stereocenters. The summed E-state index contributed by atoms with van der Waals surface area (Å²) in [5, 5.41) is 2.37. The van der Waals surface area contributed by atoms with Crippen LogP contribution in [0.4, 0.5) is 23.2 Å². The van der Waals surface area contributed by atoms with Gasteiger partial charge in [-0.2, -0.15) is 0 Å². The topological polar surface area (TPSA) is 83.1 Å². The Morgan fingerprint density at radius 1 is 1.03 bits per heavy atom. The van der Waals surface area contributed by atoms with E-state index in [4.69, 9.17) is 14.0 Å². The van der Waals surface area contributed by atoms with Crippen molar-refractivity contribution in [1.29, 1.82) is 0 Å². The first kappa shape index (κ1) is 26.5. The van der Waals surface area contributed by atoms with Gasteiger partial charge in [0.05, 0.1) is 11.2 Å². The summed E-state index contributed by atoms with van der Waals surface area (Å²) >= 11 is 0. The number of esters is 1. The number of alkyl halides is 3. The molecule has 3 rings (SSSR count). The summed E-state index contributed by atoms with van der Waals surface area (Å²) in [6, 6.07) is 8.37. The summed E-state index contributed by atoms with van der Waals surface area (Å²) in [5.74, 6) is -3.04. The average Bonchev–Trinajstić information content (AvgIpc) is 2.91. The van der Waals surface area contributed by atoms with E-state index in [1.165, 1.54) is 24.3 Å². The molecule has 1 aliphatic heterocycles. The van der Waals surface area contributed by atoms with E-state index in [1.54, 1.807) is 27.7 Å². The molecule has 0 bridgehead atoms. The molecule has 1 aliphatic rings. The van der Waals surface area contributed by atoms with Crippen LogP contribution in [0.5, 0.6) is 5.75 Å². The van der Waals surface area contributed by atoms with Crippen LogP contribution in [0.3, 0.4) is 0 Å². The molecule has 1 N–H and O–H groups in total. The number of hydrogen-bond acceptors (Lipinski definition) is 6. The SMILES string of the molecule is CC(=O)OC(C(=O)Nc1ccc(B2OC(C)(C)C(C)(C)O2)c(OC(F)(F)F)c1)c1cccc(F)c1. The molecule has 1 fully saturated rings. The Balaban J connectivity index is 1.92. The van der Waals surface area contributed by atoms with E-state index in [-0.39, 0.29) is 16.7 Å². The van der Waals surface area contributed by atoms with Crippen molar-refractivity contribution in [3.8, 4) is 5.75 Å². The maximum Gasteiger partial charge on any atom is 0.573 e. The molecule has 1 saturated heterocycles. The van der Waals surface area contributed by atoms with E-state index in [0.717, 1.165) is 25.1 Å². The zero-order chi connectivity index (χ0) is 26.2. The number of carbonyl (C=O) groups excluding carboxylic acids is 2. The van der Waals surface area contributed by atoms with Crippen LogP contribution < -0.4 is 15.5 Å². The van der Waals surface area contributed by atoms with Crippen molar-refractivity contribution in [1.82, 2.24) is 0 Å². The number of rotatable bonds is 6. The van der Waals surface area contributed by atoms with Gasteiger partial charge in [-0.15, -0.1) is 13.2 Å². The second kappa shape index (κ2) is 9.50. The van der Waals surface area contributed by atoms with Crippen molar-refractivity contribution >= 4 is 30.1 Å². The van der Waals surface area contributed by atoms with Crippen LogP contribution in [0.2, 0.25) is 0 Å². The maximum absolute atomic E-state index is 13.6. The van der Waals surface area contributed by atoms with Gasteiger partial charge in [-0.3, -0.25) is 9.59 Å². The summed E-state index contributed by atoms with van der Waals surface area (Å²) < 4.78 is 74.0. The molecule has 35 heavy (non-hydrogen) atoms. The molecule has 7 nitrogen and oxygen atoms in total. The van der Waals surface area contributed by atoms with Gasteiger partial charge in [0.15, 0.2) is 0 Å². The van der Waals surface area contributed by atoms with Gasteiger partial charge in [0.1, 0.15) is 11.6 Å². The van der Waals surface area contributed by atoms with Gasteiger partial charge in [-0.05, 0) is 45.9 Å². The van der Waals surface area contributed by atoms with E-state index >= 15 is 0 Å². The van der Waals surface area contributed by atoms with E-state index in [9.17, 15) is 27.2 Å². The smallest absolute Gasteiger partial charge is 0.447 e. The van der Waals surface area contributed by atoms with E-state index in [2.05, 4.69) is 10.1 Å². The summed E-state index contributed by atoms with van der Waals surface area (Å²) in [5.41, 5.74) is -1.73. The number of nitrogens with one attached hydrogen (secondary N) is 1. The van der Waals surface area contributed by atoms with Crippen LogP contribution in [-0.2, 0) is 23.6 Å². The van der Waals surface area contributed by atoms with Crippen molar-refractivity contribution in [2.75, 3.05) is 5.32 Å². The first-order chi connectivity index (χ1) is 16.1. The molecular formula is C23H24BF4NO6. The molecule has 0 radical (unpaired) electrons. The van der Waals surface area contributed by atoms with Crippen molar-refractivity contribution < 1.29 is 45.9 Å². The molecular weight excluding hydrogens is 473 g/mol. The Labute approximate surface area is 199 Å². The molecule has 0 saturated carbocycles. The predicted octanol–water partition coefficient (Wildman–Crippen LogP) is 4.27. The Kier molecular flexibility index (Phi) is 7.19. The molecule has 0 aromatic heterocycles. The summed E-state index contributed by atoms with van der Waals surface area (Å²) in [4.78, 5) is 24.4. The lowest BCUT2D eigenvalue weighted by Crippen LogP contribution is -2.41. The van der Waals surface area contributed by atoms with Gasteiger partial charge in [0, 0.05) is 29.7 Å². The fourth-order valence-electron chi connectivity index (χ4n) is 3.31. The van der Waals surface area contributed by atoms with Crippen LogP contribution in [0.15, 0.2) is 42.5 Å². The van der Waals surface area contributed by atoms with Crippen molar-refractivity contribution in [2.24, 2.45) is 0 Å². The highest BCUT2D eigenvalue weighted by molar-refractivity contribution is 6.63. The third kappa shape index (κ3) is 6.31. The third-order valence-electron chi connectivity index (χ3n) is 5.69. The van der Waals surface area contributed by atoms with Gasteiger partial charge in [0.25, 0.3) is 5.91 Å². The van der Waals surface area contributed by atoms with Gasteiger partial charge < -0.3 is 24.1 Å². The fraction of sp³-hybridized carbons (Fsp3) is 0.391. The Hall–Kier alpha value is -3.12. The van der Waals surface area contributed by atoms with Crippen LogP contribution in [-0.4, -0.2) is 36.6 Å². The number of halogens is 4. The minimum Gasteiger partial charge on any atom is -0.447 e.